The fraction of sp³-hybridized carbons (Fsp3) is 0.421. The van der Waals surface area contributed by atoms with Crippen LogP contribution in [0.25, 0.3) is 0 Å². The van der Waals surface area contributed by atoms with Crippen molar-refractivity contribution in [2.45, 2.75) is 13.0 Å². The molecule has 1 aromatic carbocycles. The van der Waals surface area contributed by atoms with E-state index in [1.54, 1.807) is 13.2 Å². The number of nitrogens with one attached hydrogen (secondary N) is 1. The average Bonchev–Trinajstić information content (AvgIpc) is 2.69. The monoisotopic (exact) mass is 356 g/mol. The van der Waals surface area contributed by atoms with Gasteiger partial charge < -0.3 is 14.8 Å². The number of benzene rings is 1. The lowest BCUT2D eigenvalue weighted by Gasteiger charge is -2.35. The van der Waals surface area contributed by atoms with Crippen LogP contribution in [0.2, 0.25) is 0 Å². The van der Waals surface area contributed by atoms with Crippen LogP contribution in [-0.2, 0) is 4.74 Å². The van der Waals surface area contributed by atoms with Crippen LogP contribution in [0.15, 0.2) is 36.7 Å². The maximum Gasteiger partial charge on any atom is 0.270 e. The molecule has 2 aromatic rings. The average molecular weight is 356 g/mol. The van der Waals surface area contributed by atoms with Crippen LogP contribution in [0.3, 0.4) is 0 Å². The van der Waals surface area contributed by atoms with Crippen molar-refractivity contribution in [1.29, 1.82) is 0 Å². The zero-order chi connectivity index (χ0) is 18.4. The third kappa shape index (κ3) is 4.56. The number of methoxy groups -OCH3 is 1. The predicted octanol–water partition coefficient (Wildman–Crippen LogP) is 1.60. The highest BCUT2D eigenvalue weighted by Gasteiger charge is 2.23. The Morgan fingerprint density at radius 1 is 1.27 bits per heavy atom. The Kier molecular flexibility index (Phi) is 6.14. The van der Waals surface area contributed by atoms with Crippen LogP contribution in [0, 0.1) is 6.92 Å². The Labute approximate surface area is 153 Å². The van der Waals surface area contributed by atoms with Gasteiger partial charge >= 0.3 is 0 Å². The number of amides is 1. The van der Waals surface area contributed by atoms with E-state index in [4.69, 9.17) is 9.47 Å². The third-order valence-electron chi connectivity index (χ3n) is 4.48. The summed E-state index contributed by atoms with van der Waals surface area (Å²) in [5, 5.41) is 3.01. The molecular weight excluding hydrogens is 332 g/mol. The number of hydrogen-bond donors (Lipinski definition) is 1. The number of morpholine rings is 1. The molecule has 1 fully saturated rings. The highest BCUT2D eigenvalue weighted by Crippen LogP contribution is 2.23. The smallest absolute Gasteiger partial charge is 0.270 e. The van der Waals surface area contributed by atoms with E-state index < -0.39 is 0 Å². The Morgan fingerprint density at radius 3 is 2.65 bits per heavy atom. The first-order chi connectivity index (χ1) is 12.7. The molecule has 0 spiro atoms. The molecule has 7 nitrogen and oxygen atoms in total. The van der Waals surface area contributed by atoms with Crippen LogP contribution < -0.4 is 10.1 Å². The van der Waals surface area contributed by atoms with Crippen molar-refractivity contribution in [3.05, 3.63) is 53.6 Å². The quantitative estimate of drug-likeness (QED) is 0.847. The van der Waals surface area contributed by atoms with Gasteiger partial charge in [0.25, 0.3) is 5.91 Å². The molecule has 0 saturated carbocycles. The van der Waals surface area contributed by atoms with Crippen molar-refractivity contribution < 1.29 is 14.3 Å². The minimum atomic E-state index is -0.192. The predicted molar refractivity (Wildman–Crippen MR) is 97.2 cm³/mol. The summed E-state index contributed by atoms with van der Waals surface area (Å²) in [5.41, 5.74) is 2.28. The summed E-state index contributed by atoms with van der Waals surface area (Å²) >= 11 is 0. The molecule has 0 bridgehead atoms. The molecule has 1 amide bonds. The van der Waals surface area contributed by atoms with Gasteiger partial charge in [0.2, 0.25) is 0 Å². The van der Waals surface area contributed by atoms with Crippen LogP contribution in [-0.4, -0.2) is 60.7 Å². The number of hydrogen-bond acceptors (Lipinski definition) is 6. The summed E-state index contributed by atoms with van der Waals surface area (Å²) in [6, 6.07) is 9.72. The molecular formula is C19H24N4O3. The fourth-order valence-electron chi connectivity index (χ4n) is 3.03. The van der Waals surface area contributed by atoms with E-state index in [9.17, 15) is 4.79 Å². The van der Waals surface area contributed by atoms with Crippen LogP contribution in [0.4, 0.5) is 0 Å². The minimum absolute atomic E-state index is 0.0664. The first kappa shape index (κ1) is 18.3. The second-order valence-electron chi connectivity index (χ2n) is 6.19. The molecule has 1 unspecified atom stereocenters. The molecule has 0 aliphatic carbocycles. The summed E-state index contributed by atoms with van der Waals surface area (Å²) < 4.78 is 10.7. The minimum Gasteiger partial charge on any atom is -0.497 e. The topological polar surface area (TPSA) is 76.6 Å². The second kappa shape index (κ2) is 8.73. The number of aromatic nitrogens is 2. The van der Waals surface area contributed by atoms with Gasteiger partial charge in [-0.15, -0.1) is 0 Å². The number of rotatable bonds is 6. The molecule has 2 heterocycles. The molecule has 1 aliphatic rings. The van der Waals surface area contributed by atoms with Gasteiger partial charge in [-0.1, -0.05) is 12.1 Å². The van der Waals surface area contributed by atoms with Crippen LogP contribution in [0.1, 0.15) is 27.8 Å². The molecule has 0 radical (unpaired) electrons. The number of carbonyl (C=O) groups excluding carboxylic acids is 1. The molecule has 1 aliphatic heterocycles. The number of aryl methyl sites for hydroxylation is 1. The van der Waals surface area contributed by atoms with Gasteiger partial charge in [-0.3, -0.25) is 9.69 Å². The molecule has 138 valence electrons. The van der Waals surface area contributed by atoms with Gasteiger partial charge in [0.05, 0.1) is 26.4 Å². The van der Waals surface area contributed by atoms with E-state index in [-0.39, 0.29) is 11.9 Å². The Hall–Kier alpha value is -2.51. The number of nitrogens with zero attached hydrogens (tertiary/aromatic N) is 3. The third-order valence-corrected chi connectivity index (χ3v) is 4.48. The zero-order valence-electron chi connectivity index (χ0n) is 15.1. The fourth-order valence-corrected chi connectivity index (χ4v) is 3.03. The highest BCUT2D eigenvalue weighted by atomic mass is 16.5. The first-order valence-corrected chi connectivity index (χ1v) is 8.70. The van der Waals surface area contributed by atoms with E-state index in [2.05, 4.69) is 20.2 Å². The lowest BCUT2D eigenvalue weighted by molar-refractivity contribution is 0.0162. The molecule has 26 heavy (non-hydrogen) atoms. The van der Waals surface area contributed by atoms with Crippen LogP contribution in [0.5, 0.6) is 5.75 Å². The van der Waals surface area contributed by atoms with Gasteiger partial charge in [-0.05, 0) is 30.7 Å². The standard InChI is InChI=1S/C19H24N4O3/c1-14-11-17(22-13-21-14)19(24)20-12-18(23-7-9-26-10-8-23)15-3-5-16(25-2)6-4-15/h3-6,11,13,18H,7-10,12H2,1-2H3,(H,20,24). The molecule has 7 heteroatoms. The first-order valence-electron chi connectivity index (χ1n) is 8.70. The largest absolute Gasteiger partial charge is 0.497 e. The Morgan fingerprint density at radius 2 is 2.00 bits per heavy atom. The molecule has 3 rings (SSSR count). The maximum atomic E-state index is 12.5. The van der Waals surface area contributed by atoms with Gasteiger partial charge in [0, 0.05) is 25.3 Å². The van der Waals surface area contributed by atoms with Crippen molar-refractivity contribution in [3.8, 4) is 5.75 Å². The van der Waals surface area contributed by atoms with Crippen molar-refractivity contribution in [2.75, 3.05) is 40.0 Å². The van der Waals surface area contributed by atoms with E-state index in [0.29, 0.717) is 25.5 Å². The summed E-state index contributed by atoms with van der Waals surface area (Å²) in [4.78, 5) is 22.9. The van der Waals surface area contributed by atoms with Crippen molar-refractivity contribution in [3.63, 3.8) is 0 Å². The summed E-state index contributed by atoms with van der Waals surface area (Å²) in [6.07, 6.45) is 1.41. The number of carbonyl (C=O) groups is 1. The summed E-state index contributed by atoms with van der Waals surface area (Å²) in [5.74, 6) is 0.622. The SMILES string of the molecule is COc1ccc(C(CNC(=O)c2cc(C)ncn2)N2CCOCC2)cc1. The van der Waals surface area contributed by atoms with Crippen molar-refractivity contribution >= 4 is 5.91 Å². The van der Waals surface area contributed by atoms with Gasteiger partial charge in [-0.25, -0.2) is 9.97 Å². The second-order valence-corrected chi connectivity index (χ2v) is 6.19. The van der Waals surface area contributed by atoms with E-state index in [1.807, 2.05) is 31.2 Å². The lowest BCUT2D eigenvalue weighted by atomic mass is 10.0. The van der Waals surface area contributed by atoms with Gasteiger partial charge in [0.1, 0.15) is 17.8 Å². The zero-order valence-corrected chi connectivity index (χ0v) is 15.1. The lowest BCUT2D eigenvalue weighted by Crippen LogP contribution is -2.43. The maximum absolute atomic E-state index is 12.5. The van der Waals surface area contributed by atoms with Gasteiger partial charge in [0.15, 0.2) is 0 Å². The number of ether oxygens (including phenoxy) is 2. The van der Waals surface area contributed by atoms with E-state index >= 15 is 0 Å². The molecule has 1 atom stereocenters. The summed E-state index contributed by atoms with van der Waals surface area (Å²) in [6.45, 7) is 5.40. The van der Waals surface area contributed by atoms with E-state index in [1.165, 1.54) is 6.33 Å². The molecule has 1 N–H and O–H groups in total. The van der Waals surface area contributed by atoms with Crippen LogP contribution >= 0.6 is 0 Å². The Balaban J connectivity index is 1.73. The van der Waals surface area contributed by atoms with Crippen molar-refractivity contribution in [2.24, 2.45) is 0 Å². The summed E-state index contributed by atoms with van der Waals surface area (Å²) in [7, 11) is 1.65. The van der Waals surface area contributed by atoms with Gasteiger partial charge in [-0.2, -0.15) is 0 Å². The Bertz CT molecular complexity index is 730. The van der Waals surface area contributed by atoms with Crippen molar-refractivity contribution in [1.82, 2.24) is 20.2 Å². The highest BCUT2D eigenvalue weighted by molar-refractivity contribution is 5.92. The van der Waals surface area contributed by atoms with E-state index in [0.717, 1.165) is 30.1 Å². The molecule has 1 saturated heterocycles. The molecule has 1 aromatic heterocycles. The normalized spacial score (nSPS) is 16.1.